The first-order chi connectivity index (χ1) is 12.4. The van der Waals surface area contributed by atoms with Gasteiger partial charge >= 0.3 is 5.97 Å². The molecular formula is C19H25N3O4. The van der Waals surface area contributed by atoms with Crippen molar-refractivity contribution in [3.63, 3.8) is 0 Å². The fraction of sp³-hybridized carbons (Fsp3) is 0.474. The van der Waals surface area contributed by atoms with Crippen LogP contribution in [-0.4, -0.2) is 28.9 Å². The van der Waals surface area contributed by atoms with E-state index in [1.165, 1.54) is 0 Å². The highest BCUT2D eigenvalue weighted by Crippen LogP contribution is 2.11. The molecule has 1 aromatic carbocycles. The average molecular weight is 359 g/mol. The number of hydrogen-bond donors (Lipinski definition) is 3. The summed E-state index contributed by atoms with van der Waals surface area (Å²) >= 11 is 0. The Hall–Kier alpha value is -2.88. The highest BCUT2D eigenvalue weighted by molar-refractivity contribution is 5.87. The van der Waals surface area contributed by atoms with Gasteiger partial charge in [-0.25, -0.2) is 4.79 Å². The predicted molar refractivity (Wildman–Crippen MR) is 95.9 cm³/mol. The molecule has 0 saturated heterocycles. The number of carboxylic acids is 1. The third-order valence-electron chi connectivity index (χ3n) is 3.92. The minimum Gasteiger partial charge on any atom is -0.480 e. The van der Waals surface area contributed by atoms with Crippen LogP contribution in [0, 0.1) is 11.3 Å². The molecule has 2 atom stereocenters. The van der Waals surface area contributed by atoms with Crippen molar-refractivity contribution in [2.45, 2.75) is 57.5 Å². The first kappa shape index (κ1) is 21.2. The van der Waals surface area contributed by atoms with Crippen LogP contribution in [0.25, 0.3) is 0 Å². The highest BCUT2D eigenvalue weighted by Gasteiger charge is 2.20. The van der Waals surface area contributed by atoms with Gasteiger partial charge in [-0.3, -0.25) is 9.59 Å². The number of benzene rings is 1. The SMILES string of the molecule is C[C@@H](NC(=O)CCC(=O)N[C@@H](CCCCC#N)C(=O)O)c1ccccc1. The van der Waals surface area contributed by atoms with Gasteiger partial charge in [-0.15, -0.1) is 0 Å². The molecule has 0 unspecified atom stereocenters. The Morgan fingerprint density at radius 2 is 1.69 bits per heavy atom. The molecule has 0 radical (unpaired) electrons. The number of carbonyl (C=O) groups is 3. The Morgan fingerprint density at radius 1 is 1.08 bits per heavy atom. The summed E-state index contributed by atoms with van der Waals surface area (Å²) in [6.45, 7) is 1.86. The van der Waals surface area contributed by atoms with Gasteiger partial charge in [0.2, 0.25) is 11.8 Å². The molecule has 1 aromatic rings. The first-order valence-electron chi connectivity index (χ1n) is 8.67. The average Bonchev–Trinajstić information content (AvgIpc) is 2.63. The van der Waals surface area contributed by atoms with Crippen LogP contribution in [0.5, 0.6) is 0 Å². The fourth-order valence-corrected chi connectivity index (χ4v) is 2.44. The molecule has 2 amide bonds. The van der Waals surface area contributed by atoms with E-state index in [9.17, 15) is 14.4 Å². The van der Waals surface area contributed by atoms with Crippen molar-refractivity contribution in [1.82, 2.24) is 10.6 Å². The lowest BCUT2D eigenvalue weighted by Crippen LogP contribution is -2.41. The number of rotatable bonds is 11. The van der Waals surface area contributed by atoms with Crippen molar-refractivity contribution >= 4 is 17.8 Å². The number of aliphatic carboxylic acids is 1. The minimum absolute atomic E-state index is 0.0101. The molecule has 0 heterocycles. The van der Waals surface area contributed by atoms with Gasteiger partial charge in [0.05, 0.1) is 12.1 Å². The van der Waals surface area contributed by atoms with E-state index in [4.69, 9.17) is 10.4 Å². The van der Waals surface area contributed by atoms with Crippen molar-refractivity contribution in [3.05, 3.63) is 35.9 Å². The van der Waals surface area contributed by atoms with Gasteiger partial charge in [-0.2, -0.15) is 5.26 Å². The Morgan fingerprint density at radius 3 is 2.27 bits per heavy atom. The maximum atomic E-state index is 12.0. The Bertz CT molecular complexity index is 640. The zero-order valence-corrected chi connectivity index (χ0v) is 14.9. The second kappa shape index (κ2) is 11.6. The Labute approximate surface area is 153 Å². The lowest BCUT2D eigenvalue weighted by Gasteiger charge is -2.16. The van der Waals surface area contributed by atoms with E-state index in [1.807, 2.05) is 43.3 Å². The molecular weight excluding hydrogens is 334 g/mol. The number of amides is 2. The van der Waals surface area contributed by atoms with E-state index in [2.05, 4.69) is 10.6 Å². The lowest BCUT2D eigenvalue weighted by molar-refractivity contribution is -0.142. The van der Waals surface area contributed by atoms with Crippen LogP contribution in [0.3, 0.4) is 0 Å². The summed E-state index contributed by atoms with van der Waals surface area (Å²) in [5.74, 6) is -1.85. The number of hydrogen-bond acceptors (Lipinski definition) is 4. The molecule has 140 valence electrons. The first-order valence-corrected chi connectivity index (χ1v) is 8.67. The van der Waals surface area contributed by atoms with E-state index >= 15 is 0 Å². The van der Waals surface area contributed by atoms with Crippen LogP contribution in [-0.2, 0) is 14.4 Å². The molecule has 0 spiro atoms. The summed E-state index contributed by atoms with van der Waals surface area (Å²) in [6, 6.07) is 10.3. The molecule has 0 aliphatic carbocycles. The summed E-state index contributed by atoms with van der Waals surface area (Å²) in [4.78, 5) is 35.0. The van der Waals surface area contributed by atoms with Gasteiger partial charge < -0.3 is 15.7 Å². The normalized spacial score (nSPS) is 12.5. The summed E-state index contributed by atoms with van der Waals surface area (Å²) < 4.78 is 0. The molecule has 7 heteroatoms. The lowest BCUT2D eigenvalue weighted by atomic mass is 10.1. The summed E-state index contributed by atoms with van der Waals surface area (Å²) in [5, 5.41) is 22.9. The molecule has 0 aliphatic rings. The van der Waals surface area contributed by atoms with Gasteiger partial charge in [-0.05, 0) is 31.7 Å². The third-order valence-corrected chi connectivity index (χ3v) is 3.92. The smallest absolute Gasteiger partial charge is 0.326 e. The van der Waals surface area contributed by atoms with E-state index in [0.717, 1.165) is 5.56 Å². The maximum Gasteiger partial charge on any atom is 0.326 e. The number of unbranched alkanes of at least 4 members (excludes halogenated alkanes) is 2. The van der Waals surface area contributed by atoms with Crippen LogP contribution in [0.1, 0.15) is 57.1 Å². The number of carbonyl (C=O) groups excluding carboxylic acids is 2. The molecule has 0 saturated carbocycles. The highest BCUT2D eigenvalue weighted by atomic mass is 16.4. The standard InChI is InChI=1S/C19H25N3O4/c1-14(15-8-4-2-5-9-15)21-17(23)11-12-18(24)22-16(19(25)26)10-6-3-7-13-20/h2,4-5,8-9,14,16H,3,6-7,10-12H2,1H3,(H,21,23)(H,22,24)(H,25,26)/t14-,16+/m1/s1. The van der Waals surface area contributed by atoms with Crippen LogP contribution in [0.15, 0.2) is 30.3 Å². The topological polar surface area (TPSA) is 119 Å². The largest absolute Gasteiger partial charge is 0.480 e. The molecule has 3 N–H and O–H groups in total. The molecule has 26 heavy (non-hydrogen) atoms. The van der Waals surface area contributed by atoms with E-state index in [-0.39, 0.29) is 31.2 Å². The fourth-order valence-electron chi connectivity index (χ4n) is 2.44. The quantitative estimate of drug-likeness (QED) is 0.524. The van der Waals surface area contributed by atoms with Gasteiger partial charge in [0.25, 0.3) is 0 Å². The van der Waals surface area contributed by atoms with Crippen LogP contribution < -0.4 is 10.6 Å². The summed E-state index contributed by atoms with van der Waals surface area (Å²) in [6.07, 6.45) is 1.68. The van der Waals surface area contributed by atoms with Crippen LogP contribution in [0.4, 0.5) is 0 Å². The van der Waals surface area contributed by atoms with Gasteiger partial charge in [0, 0.05) is 19.3 Å². The molecule has 1 rings (SSSR count). The third kappa shape index (κ3) is 8.29. The van der Waals surface area contributed by atoms with Crippen molar-refractivity contribution in [2.24, 2.45) is 0 Å². The van der Waals surface area contributed by atoms with Crippen molar-refractivity contribution in [2.75, 3.05) is 0 Å². The maximum absolute atomic E-state index is 12.0. The Balaban J connectivity index is 2.35. The van der Waals surface area contributed by atoms with Gasteiger partial charge in [-0.1, -0.05) is 30.3 Å². The van der Waals surface area contributed by atoms with Crippen LogP contribution >= 0.6 is 0 Å². The summed E-state index contributed by atoms with van der Waals surface area (Å²) in [7, 11) is 0. The zero-order valence-electron chi connectivity index (χ0n) is 14.9. The van der Waals surface area contributed by atoms with Crippen LogP contribution in [0.2, 0.25) is 0 Å². The van der Waals surface area contributed by atoms with E-state index in [1.54, 1.807) is 0 Å². The molecule has 0 fully saturated rings. The molecule has 0 aliphatic heterocycles. The molecule has 0 bridgehead atoms. The monoisotopic (exact) mass is 359 g/mol. The second-order valence-electron chi connectivity index (χ2n) is 6.06. The van der Waals surface area contributed by atoms with Gasteiger partial charge in [0.1, 0.15) is 6.04 Å². The molecule has 0 aromatic heterocycles. The second-order valence-corrected chi connectivity index (χ2v) is 6.06. The number of nitriles is 1. The zero-order chi connectivity index (χ0) is 19.4. The summed E-state index contributed by atoms with van der Waals surface area (Å²) in [5.41, 5.74) is 0.966. The molecule has 7 nitrogen and oxygen atoms in total. The van der Waals surface area contributed by atoms with Crippen molar-refractivity contribution in [1.29, 1.82) is 5.26 Å². The van der Waals surface area contributed by atoms with Crippen molar-refractivity contribution in [3.8, 4) is 6.07 Å². The van der Waals surface area contributed by atoms with E-state index < -0.39 is 17.9 Å². The Kier molecular flexibility index (Phi) is 9.47. The number of carboxylic acid groups (broad SMARTS) is 1. The minimum atomic E-state index is -1.11. The van der Waals surface area contributed by atoms with E-state index in [0.29, 0.717) is 19.3 Å². The number of nitrogens with zero attached hydrogens (tertiary/aromatic N) is 1. The van der Waals surface area contributed by atoms with Gasteiger partial charge in [0.15, 0.2) is 0 Å². The van der Waals surface area contributed by atoms with Crippen molar-refractivity contribution < 1.29 is 19.5 Å². The predicted octanol–water partition coefficient (Wildman–Crippen LogP) is 2.30. The number of nitrogens with one attached hydrogen (secondary N) is 2.